The van der Waals surface area contributed by atoms with E-state index in [4.69, 9.17) is 4.74 Å². The van der Waals surface area contributed by atoms with Gasteiger partial charge in [0, 0.05) is 13.1 Å². The third-order valence-corrected chi connectivity index (χ3v) is 5.38. The normalized spacial score (nSPS) is 11.7. The lowest BCUT2D eigenvalue weighted by Crippen LogP contribution is -3.00. The van der Waals surface area contributed by atoms with Crippen LogP contribution >= 0.6 is 0 Å². The topological polar surface area (TPSA) is 29.5 Å². The number of halogens is 1. The molecule has 1 aromatic rings. The van der Waals surface area contributed by atoms with Gasteiger partial charge >= 0.3 is 0 Å². The first kappa shape index (κ1) is 29.9. The molecule has 0 N–H and O–H groups in total. The summed E-state index contributed by atoms with van der Waals surface area (Å²) in [4.78, 5) is 15.0. The second-order valence-corrected chi connectivity index (χ2v) is 10.6. The summed E-state index contributed by atoms with van der Waals surface area (Å²) in [5.41, 5.74) is 2.51. The van der Waals surface area contributed by atoms with Gasteiger partial charge in [0.15, 0.2) is 6.54 Å². The zero-order valence-electron chi connectivity index (χ0n) is 21.5. The van der Waals surface area contributed by atoms with E-state index in [-0.39, 0.29) is 22.9 Å². The number of aryl methyl sites for hydroxylation is 1. The maximum Gasteiger partial charge on any atom is 0.277 e. The van der Waals surface area contributed by atoms with Crippen LogP contribution in [0.1, 0.15) is 71.4 Å². The number of quaternary nitrogens is 1. The van der Waals surface area contributed by atoms with Crippen molar-refractivity contribution in [3.63, 3.8) is 0 Å². The van der Waals surface area contributed by atoms with Gasteiger partial charge in [-0.3, -0.25) is 4.79 Å². The van der Waals surface area contributed by atoms with E-state index in [1.165, 1.54) is 11.1 Å². The van der Waals surface area contributed by atoms with E-state index in [1.807, 2.05) is 0 Å². The van der Waals surface area contributed by atoms with Crippen molar-refractivity contribution in [2.24, 2.45) is 11.8 Å². The number of rotatable bonds is 13. The lowest BCUT2D eigenvalue weighted by atomic mass is 10.0. The van der Waals surface area contributed by atoms with E-state index in [9.17, 15) is 4.79 Å². The molecule has 0 aromatic heterocycles. The average Bonchev–Trinajstić information content (AvgIpc) is 2.60. The summed E-state index contributed by atoms with van der Waals surface area (Å²) in [5.74, 6) is 2.79. The van der Waals surface area contributed by atoms with E-state index in [0.717, 1.165) is 49.3 Å². The zero-order valence-corrected chi connectivity index (χ0v) is 23.1. The predicted octanol–water partition coefficient (Wildman–Crippen LogP) is 2.50. The quantitative estimate of drug-likeness (QED) is 0.308. The molecule has 0 spiro atoms. The Morgan fingerprint density at radius 3 is 2.10 bits per heavy atom. The summed E-state index contributed by atoms with van der Waals surface area (Å²) in [6.45, 7) is 19.2. The highest BCUT2D eigenvalue weighted by molar-refractivity contribution is 5.77. The first-order chi connectivity index (χ1) is 13.9. The Hall–Kier alpha value is -1.07. The van der Waals surface area contributed by atoms with Crippen LogP contribution in [0.15, 0.2) is 18.2 Å². The minimum atomic E-state index is 0. The van der Waals surface area contributed by atoms with Crippen LogP contribution in [0.5, 0.6) is 5.75 Å². The molecule has 5 heteroatoms. The molecular formula is C26H47BrN2O2. The maximum atomic E-state index is 12.9. The van der Waals surface area contributed by atoms with Gasteiger partial charge in [-0.25, -0.2) is 0 Å². The molecule has 0 saturated carbocycles. The predicted molar refractivity (Wildman–Crippen MR) is 128 cm³/mol. The monoisotopic (exact) mass is 498 g/mol. The molecule has 1 rings (SSSR count). The smallest absolute Gasteiger partial charge is 0.277 e. The molecule has 4 nitrogen and oxygen atoms in total. The largest absolute Gasteiger partial charge is 1.00 e. The summed E-state index contributed by atoms with van der Waals surface area (Å²) < 4.78 is 6.80. The fourth-order valence-corrected chi connectivity index (χ4v) is 3.66. The van der Waals surface area contributed by atoms with Gasteiger partial charge in [-0.2, -0.15) is 0 Å². The fraction of sp³-hybridized carbons (Fsp3) is 0.731. The number of nitrogens with zero attached hydrogens (tertiary/aromatic N) is 2. The third-order valence-electron chi connectivity index (χ3n) is 5.38. The van der Waals surface area contributed by atoms with Crippen molar-refractivity contribution in [2.45, 2.75) is 67.2 Å². The van der Waals surface area contributed by atoms with E-state index < -0.39 is 0 Å². The molecule has 0 aliphatic heterocycles. The van der Waals surface area contributed by atoms with E-state index >= 15 is 0 Å². The second-order valence-electron chi connectivity index (χ2n) is 10.6. The van der Waals surface area contributed by atoms with Crippen molar-refractivity contribution in [3.8, 4) is 5.75 Å². The molecule has 0 aliphatic carbocycles. The van der Waals surface area contributed by atoms with Gasteiger partial charge in [0.1, 0.15) is 5.75 Å². The molecule has 0 radical (unpaired) electrons. The van der Waals surface area contributed by atoms with Crippen molar-refractivity contribution < 1.29 is 31.0 Å². The number of amides is 1. The van der Waals surface area contributed by atoms with Crippen LogP contribution in [0.2, 0.25) is 0 Å². The number of ether oxygens (including phenoxy) is 1. The number of hydrogen-bond acceptors (Lipinski definition) is 2. The van der Waals surface area contributed by atoms with Crippen LogP contribution in [0, 0.1) is 18.8 Å². The second kappa shape index (κ2) is 14.2. The van der Waals surface area contributed by atoms with Gasteiger partial charge in [0.2, 0.25) is 0 Å². The summed E-state index contributed by atoms with van der Waals surface area (Å²) in [5, 5.41) is 0. The molecule has 0 aliphatic rings. The molecule has 0 heterocycles. The van der Waals surface area contributed by atoms with Crippen LogP contribution in [0.25, 0.3) is 0 Å². The van der Waals surface area contributed by atoms with E-state index in [2.05, 4.69) is 85.7 Å². The minimum absolute atomic E-state index is 0. The maximum absolute atomic E-state index is 12.9. The standard InChI is InChI=1S/C26H47N2O2.BrH/c1-20(2)17-27(18-21(3)4)26(29)19-28(8,9)14-10-11-15-30-25-16-24(22(5)6)13-12-23(25)7;/h12-13,16,20-22H,10-11,14-15,17-19H2,1-9H3;1H/q+1;/p-1. The lowest BCUT2D eigenvalue weighted by molar-refractivity contribution is -0.883. The number of likely N-dealkylation sites (N-methyl/N-ethyl adjacent to an activating group) is 1. The van der Waals surface area contributed by atoms with Crippen LogP contribution in [0.4, 0.5) is 0 Å². The molecular weight excluding hydrogens is 452 g/mol. The van der Waals surface area contributed by atoms with Crippen molar-refractivity contribution in [2.75, 3.05) is 46.9 Å². The average molecular weight is 500 g/mol. The Kier molecular flexibility index (Phi) is 13.7. The molecule has 1 aromatic carbocycles. The minimum Gasteiger partial charge on any atom is -1.00 e. The summed E-state index contributed by atoms with van der Waals surface area (Å²) in [7, 11) is 4.33. The highest BCUT2D eigenvalue weighted by atomic mass is 79.9. The Labute approximate surface area is 202 Å². The van der Waals surface area contributed by atoms with Crippen molar-refractivity contribution >= 4 is 5.91 Å². The van der Waals surface area contributed by atoms with Gasteiger partial charge in [0.05, 0.1) is 27.2 Å². The number of unbranched alkanes of at least 4 members (excludes halogenated alkanes) is 1. The van der Waals surface area contributed by atoms with Crippen molar-refractivity contribution in [1.29, 1.82) is 0 Å². The fourth-order valence-electron chi connectivity index (χ4n) is 3.66. The summed E-state index contributed by atoms with van der Waals surface area (Å²) >= 11 is 0. The highest BCUT2D eigenvalue weighted by Gasteiger charge is 2.25. The number of hydrogen-bond donors (Lipinski definition) is 0. The number of carbonyl (C=O) groups excluding carboxylic acids is 1. The Morgan fingerprint density at radius 2 is 1.58 bits per heavy atom. The molecule has 31 heavy (non-hydrogen) atoms. The van der Waals surface area contributed by atoms with Crippen LogP contribution < -0.4 is 21.7 Å². The van der Waals surface area contributed by atoms with Crippen LogP contribution in [-0.4, -0.2) is 62.2 Å². The summed E-state index contributed by atoms with van der Waals surface area (Å²) in [6, 6.07) is 6.51. The van der Waals surface area contributed by atoms with Gasteiger partial charge in [0.25, 0.3) is 5.91 Å². The van der Waals surface area contributed by atoms with Gasteiger partial charge in [-0.1, -0.05) is 53.7 Å². The Balaban J connectivity index is 0.00000900. The number of carbonyl (C=O) groups is 1. The van der Waals surface area contributed by atoms with E-state index in [1.54, 1.807) is 0 Å². The first-order valence-electron chi connectivity index (χ1n) is 11.7. The Bertz CT molecular complexity index is 647. The molecule has 0 unspecified atom stereocenters. The highest BCUT2D eigenvalue weighted by Crippen LogP contribution is 2.24. The van der Waals surface area contributed by atoms with E-state index in [0.29, 0.717) is 24.3 Å². The number of benzene rings is 1. The lowest BCUT2D eigenvalue weighted by Gasteiger charge is -2.33. The molecule has 0 atom stereocenters. The molecule has 1 amide bonds. The molecule has 180 valence electrons. The van der Waals surface area contributed by atoms with Gasteiger partial charge < -0.3 is 31.1 Å². The molecule has 0 fully saturated rings. The van der Waals surface area contributed by atoms with Gasteiger partial charge in [-0.15, -0.1) is 0 Å². The third kappa shape index (κ3) is 11.9. The van der Waals surface area contributed by atoms with Crippen LogP contribution in [0.3, 0.4) is 0 Å². The first-order valence-corrected chi connectivity index (χ1v) is 11.7. The van der Waals surface area contributed by atoms with Crippen LogP contribution in [-0.2, 0) is 4.79 Å². The molecule has 0 bridgehead atoms. The Morgan fingerprint density at radius 1 is 1.00 bits per heavy atom. The molecule has 0 saturated heterocycles. The van der Waals surface area contributed by atoms with Gasteiger partial charge in [-0.05, 0) is 54.7 Å². The van der Waals surface area contributed by atoms with Crippen molar-refractivity contribution in [3.05, 3.63) is 29.3 Å². The SMILES string of the molecule is Cc1ccc(C(C)C)cc1OCCCC[N+](C)(C)CC(=O)N(CC(C)C)CC(C)C.[Br-]. The summed E-state index contributed by atoms with van der Waals surface area (Å²) in [6.07, 6.45) is 2.06. The zero-order chi connectivity index (χ0) is 22.9. The van der Waals surface area contributed by atoms with Crippen molar-refractivity contribution in [1.82, 2.24) is 4.90 Å².